The molecule has 0 saturated carbocycles. The Morgan fingerprint density at radius 3 is 2.46 bits per heavy atom. The van der Waals surface area contributed by atoms with Crippen LogP contribution in [0.4, 0.5) is 0 Å². The molecule has 0 aliphatic carbocycles. The molecule has 0 aliphatic rings. The van der Waals surface area contributed by atoms with Gasteiger partial charge in [0.1, 0.15) is 4.90 Å². The molecule has 0 fully saturated rings. The summed E-state index contributed by atoms with van der Waals surface area (Å²) in [4.78, 5) is 4.46. The Morgan fingerprint density at radius 1 is 1.04 bits per heavy atom. The van der Waals surface area contributed by atoms with Crippen LogP contribution in [0.15, 0.2) is 65.7 Å². The Hall–Kier alpha value is -2.24. The van der Waals surface area contributed by atoms with Crippen molar-refractivity contribution in [1.82, 2.24) is 9.71 Å². The van der Waals surface area contributed by atoms with Crippen molar-refractivity contribution in [2.75, 3.05) is 0 Å². The molecule has 0 saturated heterocycles. The van der Waals surface area contributed by atoms with Crippen LogP contribution in [-0.4, -0.2) is 13.4 Å². The molecule has 1 N–H and O–H groups in total. The molecule has 0 amide bonds. The van der Waals surface area contributed by atoms with Crippen LogP contribution in [0.3, 0.4) is 0 Å². The van der Waals surface area contributed by atoms with Gasteiger partial charge < -0.3 is 0 Å². The third-order valence-electron chi connectivity index (χ3n) is 4.07. The maximum absolute atomic E-state index is 12.9. The molecular formula is C19H20N2O2S. The van der Waals surface area contributed by atoms with Crippen molar-refractivity contribution in [2.45, 2.75) is 31.2 Å². The normalized spacial score (nSPS) is 13.1. The van der Waals surface area contributed by atoms with Crippen molar-refractivity contribution in [3.63, 3.8) is 0 Å². The minimum atomic E-state index is -3.67. The quantitative estimate of drug-likeness (QED) is 0.764. The number of pyridine rings is 1. The number of nitrogens with zero attached hydrogens (tertiary/aromatic N) is 1. The molecule has 0 radical (unpaired) electrons. The van der Waals surface area contributed by atoms with Crippen molar-refractivity contribution < 1.29 is 8.42 Å². The van der Waals surface area contributed by atoms with Crippen LogP contribution in [0.2, 0.25) is 0 Å². The maximum atomic E-state index is 12.9. The van der Waals surface area contributed by atoms with Gasteiger partial charge in [-0.2, -0.15) is 0 Å². The Labute approximate surface area is 142 Å². The number of nitrogens with one attached hydrogen (secondary N) is 1. The van der Waals surface area contributed by atoms with E-state index >= 15 is 0 Å². The smallest absolute Gasteiger partial charge is 0.243 e. The molecular weight excluding hydrogens is 320 g/mol. The molecule has 1 aromatic heterocycles. The van der Waals surface area contributed by atoms with Crippen LogP contribution in [-0.2, 0) is 10.0 Å². The summed E-state index contributed by atoms with van der Waals surface area (Å²) in [6, 6.07) is 16.5. The summed E-state index contributed by atoms with van der Waals surface area (Å²) in [5.74, 6) is 0. The van der Waals surface area contributed by atoms with Gasteiger partial charge in [-0.15, -0.1) is 0 Å². The second kappa shape index (κ2) is 6.71. The van der Waals surface area contributed by atoms with Gasteiger partial charge in [0.15, 0.2) is 0 Å². The van der Waals surface area contributed by atoms with Gasteiger partial charge in [0.25, 0.3) is 0 Å². The van der Waals surface area contributed by atoms with E-state index in [0.717, 1.165) is 16.5 Å². The van der Waals surface area contributed by atoms with Crippen molar-refractivity contribution >= 4 is 20.9 Å². The summed E-state index contributed by atoms with van der Waals surface area (Å²) in [5.41, 5.74) is 2.60. The lowest BCUT2D eigenvalue weighted by Gasteiger charge is -2.18. The first-order chi connectivity index (χ1) is 11.5. The lowest BCUT2D eigenvalue weighted by Crippen LogP contribution is -2.28. The first-order valence-corrected chi connectivity index (χ1v) is 9.42. The predicted octanol–water partition coefficient (Wildman–Crippen LogP) is 3.97. The van der Waals surface area contributed by atoms with Crippen molar-refractivity contribution in [1.29, 1.82) is 0 Å². The highest BCUT2D eigenvalue weighted by atomic mass is 32.2. The summed E-state index contributed by atoms with van der Waals surface area (Å²) < 4.78 is 28.6. The fourth-order valence-corrected chi connectivity index (χ4v) is 4.22. The topological polar surface area (TPSA) is 59.1 Å². The largest absolute Gasteiger partial charge is 0.255 e. The SMILES string of the molecule is CCC(NS(=O)(=O)c1cccc2cccnc12)c1ccc(C)cc1. The van der Waals surface area contributed by atoms with Crippen LogP contribution in [0.5, 0.6) is 0 Å². The molecule has 3 rings (SSSR count). The standard InChI is InChI=1S/C19H20N2O2S/c1-3-17(15-11-9-14(2)10-12-15)21-24(22,23)18-8-4-6-16-7-5-13-20-19(16)18/h4-13,17,21H,3H2,1-2H3. The minimum Gasteiger partial charge on any atom is -0.255 e. The van der Waals surface area contributed by atoms with Gasteiger partial charge in [-0.25, -0.2) is 13.1 Å². The molecule has 1 heterocycles. The van der Waals surface area contributed by atoms with E-state index < -0.39 is 10.0 Å². The molecule has 124 valence electrons. The zero-order chi connectivity index (χ0) is 17.2. The molecule has 5 heteroatoms. The van der Waals surface area contributed by atoms with Crippen molar-refractivity contribution in [3.05, 3.63) is 71.9 Å². The number of benzene rings is 2. The van der Waals surface area contributed by atoms with Gasteiger partial charge in [-0.3, -0.25) is 4.98 Å². The predicted molar refractivity (Wildman–Crippen MR) is 96.3 cm³/mol. The number of sulfonamides is 1. The monoisotopic (exact) mass is 340 g/mol. The highest BCUT2D eigenvalue weighted by Crippen LogP contribution is 2.24. The van der Waals surface area contributed by atoms with E-state index in [-0.39, 0.29) is 10.9 Å². The summed E-state index contributed by atoms with van der Waals surface area (Å²) in [6.07, 6.45) is 2.28. The second-order valence-electron chi connectivity index (χ2n) is 5.82. The molecule has 4 nitrogen and oxygen atoms in total. The highest BCUT2D eigenvalue weighted by Gasteiger charge is 2.22. The molecule has 2 aromatic carbocycles. The molecule has 24 heavy (non-hydrogen) atoms. The zero-order valence-electron chi connectivity index (χ0n) is 13.7. The Bertz CT molecular complexity index is 945. The van der Waals surface area contributed by atoms with E-state index in [9.17, 15) is 8.42 Å². The van der Waals surface area contributed by atoms with Gasteiger partial charge in [0, 0.05) is 17.6 Å². The number of para-hydroxylation sites is 1. The van der Waals surface area contributed by atoms with Crippen LogP contribution >= 0.6 is 0 Å². The van der Waals surface area contributed by atoms with Gasteiger partial charge >= 0.3 is 0 Å². The summed E-state index contributed by atoms with van der Waals surface area (Å²) in [5, 5.41) is 0.809. The fraction of sp³-hybridized carbons (Fsp3) is 0.211. The number of fused-ring (bicyclic) bond motifs is 1. The highest BCUT2D eigenvalue weighted by molar-refractivity contribution is 7.89. The maximum Gasteiger partial charge on any atom is 0.243 e. The van der Waals surface area contributed by atoms with Crippen molar-refractivity contribution in [3.8, 4) is 0 Å². The molecule has 0 bridgehead atoms. The van der Waals surface area contributed by atoms with Gasteiger partial charge in [0.05, 0.1) is 5.52 Å². The summed E-state index contributed by atoms with van der Waals surface area (Å²) >= 11 is 0. The minimum absolute atomic E-state index is 0.214. The van der Waals surface area contributed by atoms with Crippen LogP contribution in [0.25, 0.3) is 10.9 Å². The third kappa shape index (κ3) is 3.32. The van der Waals surface area contributed by atoms with E-state index in [4.69, 9.17) is 0 Å². The summed E-state index contributed by atoms with van der Waals surface area (Å²) in [6.45, 7) is 3.98. The lowest BCUT2D eigenvalue weighted by molar-refractivity contribution is 0.550. The second-order valence-corrected chi connectivity index (χ2v) is 7.51. The number of aromatic nitrogens is 1. The number of rotatable bonds is 5. The fourth-order valence-electron chi connectivity index (χ4n) is 2.73. The average Bonchev–Trinajstić information content (AvgIpc) is 2.60. The first-order valence-electron chi connectivity index (χ1n) is 7.94. The van der Waals surface area contributed by atoms with Crippen LogP contribution in [0.1, 0.15) is 30.5 Å². The molecule has 0 spiro atoms. The molecule has 3 aromatic rings. The van der Waals surface area contributed by atoms with Crippen LogP contribution in [0, 0.1) is 6.92 Å². The lowest BCUT2D eigenvalue weighted by atomic mass is 10.0. The zero-order valence-corrected chi connectivity index (χ0v) is 14.5. The number of aryl methyl sites for hydroxylation is 1. The molecule has 0 aliphatic heterocycles. The Morgan fingerprint density at radius 2 is 1.75 bits per heavy atom. The molecule has 1 unspecified atom stereocenters. The van der Waals surface area contributed by atoms with Crippen LogP contribution < -0.4 is 4.72 Å². The molecule has 1 atom stereocenters. The Balaban J connectivity index is 1.99. The average molecular weight is 340 g/mol. The number of hydrogen-bond acceptors (Lipinski definition) is 3. The van der Waals surface area contributed by atoms with Gasteiger partial charge in [-0.1, -0.05) is 55.0 Å². The number of hydrogen-bond donors (Lipinski definition) is 1. The van der Waals surface area contributed by atoms with Crippen molar-refractivity contribution in [2.24, 2.45) is 0 Å². The van der Waals surface area contributed by atoms with Gasteiger partial charge in [-0.05, 0) is 31.0 Å². The third-order valence-corrected chi connectivity index (χ3v) is 5.57. The van der Waals surface area contributed by atoms with E-state index in [1.54, 1.807) is 24.4 Å². The van der Waals surface area contributed by atoms with E-state index in [1.165, 1.54) is 0 Å². The van der Waals surface area contributed by atoms with E-state index in [2.05, 4.69) is 9.71 Å². The van der Waals surface area contributed by atoms with E-state index in [0.29, 0.717) is 11.9 Å². The van der Waals surface area contributed by atoms with E-state index in [1.807, 2.05) is 50.2 Å². The summed E-state index contributed by atoms with van der Waals surface area (Å²) in [7, 11) is -3.67. The first kappa shape index (κ1) is 16.6. The Kier molecular flexibility index (Phi) is 4.64. The van der Waals surface area contributed by atoms with Gasteiger partial charge in [0.2, 0.25) is 10.0 Å².